The molecule has 1 fully saturated rings. The van der Waals surface area contributed by atoms with Crippen LogP contribution in [0.3, 0.4) is 0 Å². The van der Waals surface area contributed by atoms with Gasteiger partial charge in [-0.05, 0) is 0 Å². The third kappa shape index (κ3) is 2.55. The highest BCUT2D eigenvalue weighted by atomic mass is 16.6. The molecule has 4 unspecified atom stereocenters. The van der Waals surface area contributed by atoms with Crippen LogP contribution < -0.4 is 0 Å². The Bertz CT molecular complexity index is 181. The highest BCUT2D eigenvalue weighted by Gasteiger charge is 2.46. The number of hydrogen-bond donors (Lipinski definition) is 0. The van der Waals surface area contributed by atoms with Gasteiger partial charge in [-0.3, -0.25) is 0 Å². The molecule has 0 heterocycles. The van der Waals surface area contributed by atoms with Crippen molar-refractivity contribution in [1.29, 1.82) is 0 Å². The largest absolute Gasteiger partial charge is 0.379 e. The summed E-state index contributed by atoms with van der Waals surface area (Å²) in [5.41, 5.74) is 0. The van der Waals surface area contributed by atoms with Crippen LogP contribution in [0.4, 0.5) is 0 Å². The summed E-state index contributed by atoms with van der Waals surface area (Å²) < 4.78 is 27.1. The molecule has 5 nitrogen and oxygen atoms in total. The monoisotopic (exact) mass is 234 g/mol. The molecule has 1 aliphatic carbocycles. The predicted octanol–water partition coefficient (Wildman–Crippen LogP) is 0.465. The smallest absolute Gasteiger partial charge is 0.114 e. The summed E-state index contributed by atoms with van der Waals surface area (Å²) in [5.74, 6) is 0. The second kappa shape index (κ2) is 6.51. The van der Waals surface area contributed by atoms with Crippen molar-refractivity contribution in [1.82, 2.24) is 0 Å². The molecule has 96 valence electrons. The third-order valence-corrected chi connectivity index (χ3v) is 3.27. The molecular formula is C11H22O5. The Kier molecular flexibility index (Phi) is 5.64. The molecule has 4 atom stereocenters. The highest BCUT2D eigenvalue weighted by molar-refractivity contribution is 4.96. The van der Waals surface area contributed by atoms with Crippen LogP contribution in [0.25, 0.3) is 0 Å². The van der Waals surface area contributed by atoms with Gasteiger partial charge in [0.05, 0.1) is 12.2 Å². The lowest BCUT2D eigenvalue weighted by Gasteiger charge is -2.43. The summed E-state index contributed by atoms with van der Waals surface area (Å²) in [6.45, 7) is 0. The van der Waals surface area contributed by atoms with E-state index < -0.39 is 0 Å². The van der Waals surface area contributed by atoms with Gasteiger partial charge in [0, 0.05) is 42.0 Å². The van der Waals surface area contributed by atoms with E-state index in [1.54, 1.807) is 35.5 Å². The summed E-state index contributed by atoms with van der Waals surface area (Å²) >= 11 is 0. The molecule has 0 aromatic rings. The van der Waals surface area contributed by atoms with E-state index in [1.165, 1.54) is 0 Å². The van der Waals surface area contributed by atoms with E-state index in [0.717, 1.165) is 6.42 Å². The van der Waals surface area contributed by atoms with Crippen molar-refractivity contribution < 1.29 is 23.7 Å². The van der Waals surface area contributed by atoms with Crippen LogP contribution in [0.2, 0.25) is 0 Å². The van der Waals surface area contributed by atoms with E-state index >= 15 is 0 Å². The van der Waals surface area contributed by atoms with Gasteiger partial charge in [0.25, 0.3) is 0 Å². The fourth-order valence-electron chi connectivity index (χ4n) is 2.41. The lowest BCUT2D eigenvalue weighted by atomic mass is 9.86. The van der Waals surface area contributed by atoms with Crippen molar-refractivity contribution in [3.63, 3.8) is 0 Å². The van der Waals surface area contributed by atoms with E-state index in [9.17, 15) is 0 Å². The molecule has 1 rings (SSSR count). The van der Waals surface area contributed by atoms with Gasteiger partial charge in [-0.25, -0.2) is 0 Å². The van der Waals surface area contributed by atoms with Gasteiger partial charge in [-0.2, -0.15) is 0 Å². The predicted molar refractivity (Wildman–Crippen MR) is 58.6 cm³/mol. The van der Waals surface area contributed by atoms with Gasteiger partial charge in [0.15, 0.2) is 0 Å². The van der Waals surface area contributed by atoms with E-state index in [4.69, 9.17) is 23.7 Å². The number of rotatable bonds is 5. The molecule has 1 saturated carbocycles. The van der Waals surface area contributed by atoms with E-state index in [1.807, 2.05) is 0 Å². The number of ether oxygens (including phenoxy) is 5. The Morgan fingerprint density at radius 2 is 0.938 bits per heavy atom. The van der Waals surface area contributed by atoms with Crippen molar-refractivity contribution in [3.05, 3.63) is 0 Å². The normalized spacial score (nSPS) is 39.9. The first kappa shape index (κ1) is 13.9. The van der Waals surface area contributed by atoms with Gasteiger partial charge in [0.2, 0.25) is 0 Å². The molecule has 1 aliphatic rings. The quantitative estimate of drug-likeness (QED) is 0.692. The fourth-order valence-corrected chi connectivity index (χ4v) is 2.41. The van der Waals surface area contributed by atoms with Gasteiger partial charge in [0.1, 0.15) is 18.3 Å². The zero-order chi connectivity index (χ0) is 12.1. The summed E-state index contributed by atoms with van der Waals surface area (Å²) in [6.07, 6.45) is 0.220. The topological polar surface area (TPSA) is 46.2 Å². The second-order valence-electron chi connectivity index (χ2n) is 3.88. The minimum Gasteiger partial charge on any atom is -0.379 e. The molecule has 16 heavy (non-hydrogen) atoms. The third-order valence-electron chi connectivity index (χ3n) is 3.27. The summed E-state index contributed by atoms with van der Waals surface area (Å²) in [4.78, 5) is 0. The zero-order valence-electron chi connectivity index (χ0n) is 10.6. The summed E-state index contributed by atoms with van der Waals surface area (Å²) in [6, 6.07) is 0. The molecule has 0 aliphatic heterocycles. The summed E-state index contributed by atoms with van der Waals surface area (Å²) in [5, 5.41) is 0. The van der Waals surface area contributed by atoms with Gasteiger partial charge < -0.3 is 23.7 Å². The van der Waals surface area contributed by atoms with Gasteiger partial charge >= 0.3 is 0 Å². The standard InChI is InChI=1S/C11H22O5/c1-12-7-6-8(13-2)10(15-4)11(16-5)9(7)14-3/h7-11H,6H2,1-5H3. The SMILES string of the molecule is COC1CC(OC)C(OC)C(OC)C1OC. The molecule has 0 spiro atoms. The van der Waals surface area contributed by atoms with Crippen molar-refractivity contribution in [2.45, 2.75) is 36.9 Å². The van der Waals surface area contributed by atoms with E-state index in [0.29, 0.717) is 0 Å². The first-order chi connectivity index (χ1) is 7.73. The molecule has 0 N–H and O–H groups in total. The Balaban J connectivity index is 2.85. The molecule has 0 amide bonds. The second-order valence-corrected chi connectivity index (χ2v) is 3.88. The Morgan fingerprint density at radius 3 is 1.19 bits per heavy atom. The minimum absolute atomic E-state index is 0.0358. The molecule has 0 bridgehead atoms. The highest BCUT2D eigenvalue weighted by Crippen LogP contribution is 2.29. The summed E-state index contributed by atoms with van der Waals surface area (Å²) in [7, 11) is 8.30. The average Bonchev–Trinajstić information content (AvgIpc) is 2.35. The average molecular weight is 234 g/mol. The molecule has 0 saturated heterocycles. The first-order valence-electron chi connectivity index (χ1n) is 5.37. The van der Waals surface area contributed by atoms with Crippen molar-refractivity contribution in [2.75, 3.05) is 35.5 Å². The van der Waals surface area contributed by atoms with Crippen LogP contribution >= 0.6 is 0 Å². The molecule has 5 heteroatoms. The molecular weight excluding hydrogens is 212 g/mol. The van der Waals surface area contributed by atoms with Crippen LogP contribution in [0, 0.1) is 0 Å². The Morgan fingerprint density at radius 1 is 0.562 bits per heavy atom. The van der Waals surface area contributed by atoms with Crippen LogP contribution in [0.15, 0.2) is 0 Å². The van der Waals surface area contributed by atoms with Gasteiger partial charge in [-0.15, -0.1) is 0 Å². The minimum atomic E-state index is -0.182. The Hall–Kier alpha value is -0.200. The molecule has 0 aromatic heterocycles. The van der Waals surface area contributed by atoms with Crippen LogP contribution in [0.5, 0.6) is 0 Å². The van der Waals surface area contributed by atoms with E-state index in [2.05, 4.69) is 0 Å². The maximum absolute atomic E-state index is 5.45. The van der Waals surface area contributed by atoms with Crippen molar-refractivity contribution in [3.8, 4) is 0 Å². The number of hydrogen-bond acceptors (Lipinski definition) is 5. The van der Waals surface area contributed by atoms with Crippen LogP contribution in [-0.2, 0) is 23.7 Å². The lowest BCUT2D eigenvalue weighted by molar-refractivity contribution is -0.213. The first-order valence-corrected chi connectivity index (χ1v) is 5.37. The maximum Gasteiger partial charge on any atom is 0.114 e. The maximum atomic E-state index is 5.45. The molecule has 0 radical (unpaired) electrons. The van der Waals surface area contributed by atoms with Crippen LogP contribution in [-0.4, -0.2) is 66.1 Å². The zero-order valence-corrected chi connectivity index (χ0v) is 10.6. The lowest BCUT2D eigenvalue weighted by Crippen LogP contribution is -2.58. The van der Waals surface area contributed by atoms with E-state index in [-0.39, 0.29) is 30.5 Å². The Labute approximate surface area is 97.0 Å². The molecule has 0 aromatic carbocycles. The fraction of sp³-hybridized carbons (Fsp3) is 1.00. The van der Waals surface area contributed by atoms with Crippen molar-refractivity contribution in [2.24, 2.45) is 0 Å². The van der Waals surface area contributed by atoms with Crippen molar-refractivity contribution >= 4 is 0 Å². The van der Waals surface area contributed by atoms with Gasteiger partial charge in [-0.1, -0.05) is 0 Å². The number of methoxy groups -OCH3 is 5. The van der Waals surface area contributed by atoms with Crippen LogP contribution in [0.1, 0.15) is 6.42 Å².